The Kier molecular flexibility index (Phi) is 4.42. The fourth-order valence-corrected chi connectivity index (χ4v) is 2.45. The molecule has 1 aliphatic carbocycles. The Labute approximate surface area is 104 Å². The van der Waals surface area contributed by atoms with Crippen LogP contribution in [-0.4, -0.2) is 23.3 Å². The van der Waals surface area contributed by atoms with Gasteiger partial charge in [0.2, 0.25) is 0 Å². The average molecular weight is 242 g/mol. The van der Waals surface area contributed by atoms with Gasteiger partial charge in [0.1, 0.15) is 5.60 Å². The summed E-state index contributed by atoms with van der Waals surface area (Å²) in [7, 11) is 0. The Morgan fingerprint density at radius 2 is 1.94 bits per heavy atom. The molecule has 0 spiro atoms. The molecule has 0 aromatic heterocycles. The van der Waals surface area contributed by atoms with Gasteiger partial charge in [-0.2, -0.15) is 0 Å². The molecule has 100 valence electrons. The van der Waals surface area contributed by atoms with E-state index in [1.54, 1.807) is 0 Å². The van der Waals surface area contributed by atoms with Gasteiger partial charge >= 0.3 is 6.09 Å². The second-order valence-electron chi connectivity index (χ2n) is 6.32. The quantitative estimate of drug-likeness (QED) is 0.799. The molecule has 1 amide bonds. The standard InChI is InChI=1S/C13H26N2O2/c1-10(9-13(14)7-5-6-8-13)15-11(16)17-12(2,3)4/h10H,5-9,14H2,1-4H3,(H,15,16). The van der Waals surface area contributed by atoms with Crippen LogP contribution in [0, 0.1) is 0 Å². The van der Waals surface area contributed by atoms with Crippen molar-refractivity contribution in [3.8, 4) is 0 Å². The first-order valence-corrected chi connectivity index (χ1v) is 6.49. The average Bonchev–Trinajstić information content (AvgIpc) is 2.46. The number of nitrogens with two attached hydrogens (primary N) is 1. The van der Waals surface area contributed by atoms with Crippen LogP contribution in [0.4, 0.5) is 4.79 Å². The summed E-state index contributed by atoms with van der Waals surface area (Å²) in [5.74, 6) is 0. The van der Waals surface area contributed by atoms with Crippen molar-refractivity contribution in [3.05, 3.63) is 0 Å². The normalized spacial score (nSPS) is 21.0. The minimum Gasteiger partial charge on any atom is -0.444 e. The summed E-state index contributed by atoms with van der Waals surface area (Å²) in [5.41, 5.74) is 5.74. The van der Waals surface area contributed by atoms with E-state index in [1.807, 2.05) is 27.7 Å². The van der Waals surface area contributed by atoms with Gasteiger partial charge < -0.3 is 15.8 Å². The Balaban J connectivity index is 2.34. The van der Waals surface area contributed by atoms with Crippen LogP contribution >= 0.6 is 0 Å². The van der Waals surface area contributed by atoms with Crippen LogP contribution in [-0.2, 0) is 4.74 Å². The minimum atomic E-state index is -0.447. The van der Waals surface area contributed by atoms with E-state index in [0.29, 0.717) is 0 Å². The van der Waals surface area contributed by atoms with Crippen molar-refractivity contribution < 1.29 is 9.53 Å². The molecule has 0 heterocycles. The number of hydrogen-bond acceptors (Lipinski definition) is 3. The van der Waals surface area contributed by atoms with E-state index in [9.17, 15) is 4.79 Å². The maximum atomic E-state index is 11.6. The lowest BCUT2D eigenvalue weighted by atomic mass is 9.91. The van der Waals surface area contributed by atoms with Crippen molar-refractivity contribution in [2.45, 2.75) is 77.0 Å². The van der Waals surface area contributed by atoms with Crippen molar-refractivity contribution in [2.75, 3.05) is 0 Å². The molecule has 1 atom stereocenters. The van der Waals surface area contributed by atoms with Crippen molar-refractivity contribution in [2.24, 2.45) is 5.73 Å². The maximum absolute atomic E-state index is 11.6. The first-order valence-electron chi connectivity index (χ1n) is 6.49. The highest BCUT2D eigenvalue weighted by Crippen LogP contribution is 2.30. The molecule has 1 unspecified atom stereocenters. The number of ether oxygens (including phenoxy) is 1. The molecular weight excluding hydrogens is 216 g/mol. The van der Waals surface area contributed by atoms with Crippen molar-refractivity contribution in [1.29, 1.82) is 0 Å². The lowest BCUT2D eigenvalue weighted by molar-refractivity contribution is 0.0501. The Morgan fingerprint density at radius 3 is 2.41 bits per heavy atom. The highest BCUT2D eigenvalue weighted by atomic mass is 16.6. The van der Waals surface area contributed by atoms with Crippen molar-refractivity contribution in [1.82, 2.24) is 5.32 Å². The lowest BCUT2D eigenvalue weighted by Gasteiger charge is -2.28. The minimum absolute atomic E-state index is 0.0629. The number of carbonyl (C=O) groups is 1. The summed E-state index contributed by atoms with van der Waals surface area (Å²) in [4.78, 5) is 11.6. The largest absolute Gasteiger partial charge is 0.444 e. The highest BCUT2D eigenvalue weighted by molar-refractivity contribution is 5.68. The van der Waals surface area contributed by atoms with Gasteiger partial charge in [0.15, 0.2) is 0 Å². The van der Waals surface area contributed by atoms with E-state index in [4.69, 9.17) is 10.5 Å². The summed E-state index contributed by atoms with van der Waals surface area (Å²) in [6, 6.07) is 0.0629. The summed E-state index contributed by atoms with van der Waals surface area (Å²) in [6.07, 6.45) is 5.00. The monoisotopic (exact) mass is 242 g/mol. The maximum Gasteiger partial charge on any atom is 0.407 e. The number of rotatable bonds is 3. The summed E-state index contributed by atoms with van der Waals surface area (Å²) in [6.45, 7) is 7.56. The van der Waals surface area contributed by atoms with Gasteiger partial charge in [-0.1, -0.05) is 12.8 Å². The Hall–Kier alpha value is -0.770. The van der Waals surface area contributed by atoms with Gasteiger partial charge in [-0.3, -0.25) is 0 Å². The smallest absolute Gasteiger partial charge is 0.407 e. The van der Waals surface area contributed by atoms with Crippen LogP contribution in [0.3, 0.4) is 0 Å². The second-order valence-corrected chi connectivity index (χ2v) is 6.32. The van der Waals surface area contributed by atoms with E-state index in [0.717, 1.165) is 19.3 Å². The van der Waals surface area contributed by atoms with Crippen LogP contribution in [0.15, 0.2) is 0 Å². The molecule has 1 aliphatic rings. The van der Waals surface area contributed by atoms with Gasteiger partial charge in [0.25, 0.3) is 0 Å². The Bertz CT molecular complexity index is 265. The summed E-state index contributed by atoms with van der Waals surface area (Å²) < 4.78 is 5.21. The molecule has 0 bridgehead atoms. The van der Waals surface area contributed by atoms with Crippen molar-refractivity contribution in [3.63, 3.8) is 0 Å². The van der Waals surface area contributed by atoms with Gasteiger partial charge in [-0.25, -0.2) is 4.79 Å². The lowest BCUT2D eigenvalue weighted by Crippen LogP contribution is -2.45. The Morgan fingerprint density at radius 1 is 1.41 bits per heavy atom. The number of hydrogen-bond donors (Lipinski definition) is 2. The van der Waals surface area contributed by atoms with Gasteiger partial charge in [0, 0.05) is 11.6 Å². The first kappa shape index (κ1) is 14.3. The molecule has 3 N–H and O–H groups in total. The van der Waals surface area contributed by atoms with Crippen LogP contribution < -0.4 is 11.1 Å². The molecular formula is C13H26N2O2. The fraction of sp³-hybridized carbons (Fsp3) is 0.923. The van der Waals surface area contributed by atoms with E-state index in [2.05, 4.69) is 5.32 Å². The SMILES string of the molecule is CC(CC1(N)CCCC1)NC(=O)OC(C)(C)C. The number of alkyl carbamates (subject to hydrolysis) is 1. The van der Waals surface area contributed by atoms with E-state index >= 15 is 0 Å². The number of amides is 1. The molecule has 17 heavy (non-hydrogen) atoms. The molecule has 0 aromatic carbocycles. The predicted molar refractivity (Wildman–Crippen MR) is 68.8 cm³/mol. The zero-order chi connectivity index (χ0) is 13.1. The van der Waals surface area contributed by atoms with E-state index in [1.165, 1.54) is 12.8 Å². The van der Waals surface area contributed by atoms with Crippen LogP contribution in [0.2, 0.25) is 0 Å². The van der Waals surface area contributed by atoms with Gasteiger partial charge in [-0.15, -0.1) is 0 Å². The van der Waals surface area contributed by atoms with Crippen LogP contribution in [0.1, 0.15) is 59.8 Å². The van der Waals surface area contributed by atoms with Crippen molar-refractivity contribution >= 4 is 6.09 Å². The van der Waals surface area contributed by atoms with Crippen LogP contribution in [0.5, 0.6) is 0 Å². The predicted octanol–water partition coefficient (Wildman–Crippen LogP) is 2.56. The third kappa shape index (κ3) is 5.39. The van der Waals surface area contributed by atoms with E-state index < -0.39 is 5.60 Å². The van der Waals surface area contributed by atoms with Gasteiger partial charge in [-0.05, 0) is 47.0 Å². The molecule has 4 heteroatoms. The zero-order valence-corrected chi connectivity index (χ0v) is 11.5. The zero-order valence-electron chi connectivity index (χ0n) is 11.5. The number of carbonyl (C=O) groups excluding carboxylic acids is 1. The molecule has 4 nitrogen and oxygen atoms in total. The van der Waals surface area contributed by atoms with E-state index in [-0.39, 0.29) is 17.7 Å². The molecule has 0 aliphatic heterocycles. The highest BCUT2D eigenvalue weighted by Gasteiger charge is 2.31. The fourth-order valence-electron chi connectivity index (χ4n) is 2.45. The third-order valence-electron chi connectivity index (χ3n) is 3.08. The second kappa shape index (κ2) is 5.25. The van der Waals surface area contributed by atoms with Crippen LogP contribution in [0.25, 0.3) is 0 Å². The van der Waals surface area contributed by atoms with Gasteiger partial charge in [0.05, 0.1) is 0 Å². The summed E-state index contributed by atoms with van der Waals surface area (Å²) >= 11 is 0. The molecule has 0 radical (unpaired) electrons. The molecule has 0 aromatic rings. The molecule has 1 fully saturated rings. The first-order chi connectivity index (χ1) is 7.70. The molecule has 1 rings (SSSR count). The summed E-state index contributed by atoms with van der Waals surface area (Å²) in [5, 5.41) is 2.85. The topological polar surface area (TPSA) is 64.3 Å². The third-order valence-corrected chi connectivity index (χ3v) is 3.08. The molecule has 1 saturated carbocycles. The number of nitrogens with one attached hydrogen (secondary N) is 1. The molecule has 0 saturated heterocycles.